The lowest BCUT2D eigenvalue weighted by atomic mass is 10.2. The van der Waals surface area contributed by atoms with E-state index in [4.69, 9.17) is 11.6 Å². The first-order valence-corrected chi connectivity index (χ1v) is 6.31. The van der Waals surface area contributed by atoms with Crippen molar-refractivity contribution in [3.63, 3.8) is 0 Å². The van der Waals surface area contributed by atoms with Crippen molar-refractivity contribution in [3.8, 4) is 0 Å². The van der Waals surface area contributed by atoms with Crippen LogP contribution in [0.5, 0.6) is 0 Å². The fraction of sp³-hybridized carbons (Fsp3) is 0.333. The Morgan fingerprint density at radius 1 is 1.31 bits per heavy atom. The molecule has 0 atom stereocenters. The van der Waals surface area contributed by atoms with Crippen LogP contribution < -0.4 is 0 Å². The Balaban J connectivity index is 3.32. The van der Waals surface area contributed by atoms with Gasteiger partial charge < -0.3 is 0 Å². The maximum Gasteiger partial charge on any atom is 0.416 e. The van der Waals surface area contributed by atoms with E-state index < -0.39 is 26.6 Å². The first-order valence-electron chi connectivity index (χ1n) is 4.28. The third-order valence-electron chi connectivity index (χ3n) is 1.97. The zero-order valence-electron chi connectivity index (χ0n) is 8.18. The standard InChI is InChI=1S/C9H8ClF3O2S/c1-2-16(14,15)8-4-3-6(5-7(8)10)9(11,12)13/h3-5H,2H2,1H3. The summed E-state index contributed by atoms with van der Waals surface area (Å²) >= 11 is 5.52. The summed E-state index contributed by atoms with van der Waals surface area (Å²) in [4.78, 5) is -0.273. The molecule has 0 radical (unpaired) electrons. The number of benzene rings is 1. The quantitative estimate of drug-likeness (QED) is 0.829. The van der Waals surface area contributed by atoms with Crippen molar-refractivity contribution in [2.45, 2.75) is 18.0 Å². The van der Waals surface area contributed by atoms with Gasteiger partial charge in [0.25, 0.3) is 0 Å². The van der Waals surface area contributed by atoms with Crippen LogP contribution >= 0.6 is 11.6 Å². The third kappa shape index (κ3) is 2.68. The van der Waals surface area contributed by atoms with Gasteiger partial charge in [-0.25, -0.2) is 8.42 Å². The van der Waals surface area contributed by atoms with Gasteiger partial charge in [0, 0.05) is 0 Å². The minimum atomic E-state index is -4.53. The van der Waals surface area contributed by atoms with Crippen LogP contribution in [0.15, 0.2) is 23.1 Å². The Morgan fingerprint density at radius 3 is 2.25 bits per heavy atom. The lowest BCUT2D eigenvalue weighted by molar-refractivity contribution is -0.137. The maximum atomic E-state index is 12.3. The van der Waals surface area contributed by atoms with Crippen LogP contribution in [0.25, 0.3) is 0 Å². The third-order valence-corrected chi connectivity index (χ3v) is 4.19. The molecule has 2 nitrogen and oxygen atoms in total. The fourth-order valence-corrected chi connectivity index (χ4v) is 2.56. The molecule has 0 aromatic heterocycles. The average Bonchev–Trinajstić information content (AvgIpc) is 2.16. The molecule has 0 bridgehead atoms. The zero-order valence-corrected chi connectivity index (χ0v) is 9.75. The second-order valence-electron chi connectivity index (χ2n) is 3.05. The molecule has 0 saturated heterocycles. The predicted octanol–water partition coefficient (Wildman–Crippen LogP) is 3.15. The van der Waals surface area contributed by atoms with Crippen LogP contribution in [-0.4, -0.2) is 14.2 Å². The number of rotatable bonds is 2. The second-order valence-corrected chi connectivity index (χ2v) is 5.70. The average molecular weight is 273 g/mol. The highest BCUT2D eigenvalue weighted by Gasteiger charge is 2.31. The van der Waals surface area contributed by atoms with E-state index in [0.29, 0.717) is 12.1 Å². The Kier molecular flexibility index (Phi) is 3.54. The molecule has 0 aliphatic carbocycles. The highest BCUT2D eigenvalue weighted by molar-refractivity contribution is 7.91. The van der Waals surface area contributed by atoms with Crippen molar-refractivity contribution in [2.24, 2.45) is 0 Å². The monoisotopic (exact) mass is 272 g/mol. The van der Waals surface area contributed by atoms with Crippen LogP contribution in [0.3, 0.4) is 0 Å². The molecule has 0 amide bonds. The SMILES string of the molecule is CCS(=O)(=O)c1ccc(C(F)(F)F)cc1Cl. The molecular weight excluding hydrogens is 265 g/mol. The van der Waals surface area contributed by atoms with Crippen LogP contribution in [-0.2, 0) is 16.0 Å². The van der Waals surface area contributed by atoms with Gasteiger partial charge in [0.2, 0.25) is 0 Å². The molecule has 0 aliphatic rings. The molecular formula is C9H8ClF3O2S. The highest BCUT2D eigenvalue weighted by Crippen LogP contribution is 2.33. The molecule has 0 saturated carbocycles. The van der Waals surface area contributed by atoms with Crippen molar-refractivity contribution >= 4 is 21.4 Å². The van der Waals surface area contributed by atoms with Crippen LogP contribution in [0, 0.1) is 0 Å². The lowest BCUT2D eigenvalue weighted by Gasteiger charge is -2.09. The highest BCUT2D eigenvalue weighted by atomic mass is 35.5. The number of sulfone groups is 1. The van der Waals surface area contributed by atoms with Crippen LogP contribution in [0.2, 0.25) is 5.02 Å². The van der Waals surface area contributed by atoms with Gasteiger partial charge in [-0.05, 0) is 18.2 Å². The number of hydrogen-bond acceptors (Lipinski definition) is 2. The fourth-order valence-electron chi connectivity index (χ4n) is 1.08. The normalized spacial score (nSPS) is 12.8. The van der Waals surface area contributed by atoms with Gasteiger partial charge in [-0.1, -0.05) is 18.5 Å². The molecule has 16 heavy (non-hydrogen) atoms. The van der Waals surface area contributed by atoms with E-state index in [1.54, 1.807) is 0 Å². The maximum absolute atomic E-state index is 12.3. The Hall–Kier alpha value is -0.750. The van der Waals surface area contributed by atoms with Gasteiger partial charge in [0.1, 0.15) is 0 Å². The molecule has 7 heteroatoms. The van der Waals surface area contributed by atoms with E-state index in [-0.39, 0.29) is 10.6 Å². The van der Waals surface area contributed by atoms with Crippen LogP contribution in [0.1, 0.15) is 12.5 Å². The van der Waals surface area contributed by atoms with E-state index in [9.17, 15) is 21.6 Å². The number of hydrogen-bond donors (Lipinski definition) is 0. The van der Waals surface area contributed by atoms with Gasteiger partial charge in [-0.3, -0.25) is 0 Å². The topological polar surface area (TPSA) is 34.1 Å². The number of alkyl halides is 3. The summed E-state index contributed by atoms with van der Waals surface area (Å²) < 4.78 is 59.6. The zero-order chi connectivity index (χ0) is 12.6. The molecule has 0 fully saturated rings. The largest absolute Gasteiger partial charge is 0.416 e. The summed E-state index contributed by atoms with van der Waals surface area (Å²) in [7, 11) is -3.59. The summed E-state index contributed by atoms with van der Waals surface area (Å²) in [6.45, 7) is 1.39. The van der Waals surface area contributed by atoms with Gasteiger partial charge in [0.15, 0.2) is 9.84 Å². The summed E-state index contributed by atoms with van der Waals surface area (Å²) in [5.41, 5.74) is -0.965. The molecule has 0 heterocycles. The Labute approximate surface area is 96.0 Å². The molecule has 90 valence electrons. The number of halogens is 4. The molecule has 0 unspecified atom stereocenters. The minimum absolute atomic E-state index is 0.210. The van der Waals surface area contributed by atoms with Gasteiger partial charge in [-0.15, -0.1) is 0 Å². The van der Waals surface area contributed by atoms with E-state index in [1.165, 1.54) is 6.92 Å². The summed E-state index contributed by atoms with van der Waals surface area (Å²) in [5, 5.41) is -0.406. The summed E-state index contributed by atoms with van der Waals surface area (Å²) in [5.74, 6) is -0.210. The predicted molar refractivity (Wildman–Crippen MR) is 54.2 cm³/mol. The first-order chi connectivity index (χ1) is 7.18. The van der Waals surface area contributed by atoms with E-state index in [0.717, 1.165) is 6.07 Å². The van der Waals surface area contributed by atoms with Crippen molar-refractivity contribution in [1.82, 2.24) is 0 Å². The molecule has 1 rings (SSSR count). The van der Waals surface area contributed by atoms with Crippen molar-refractivity contribution in [1.29, 1.82) is 0 Å². The Bertz CT molecular complexity index is 494. The van der Waals surface area contributed by atoms with Crippen molar-refractivity contribution in [3.05, 3.63) is 28.8 Å². The van der Waals surface area contributed by atoms with Crippen molar-refractivity contribution < 1.29 is 21.6 Å². The second kappa shape index (κ2) is 4.25. The molecule has 0 N–H and O–H groups in total. The molecule has 1 aromatic rings. The van der Waals surface area contributed by atoms with Gasteiger partial charge >= 0.3 is 6.18 Å². The molecule has 0 spiro atoms. The minimum Gasteiger partial charge on any atom is -0.224 e. The first kappa shape index (κ1) is 13.3. The lowest BCUT2D eigenvalue weighted by Crippen LogP contribution is -2.08. The van der Waals surface area contributed by atoms with Crippen LogP contribution in [0.4, 0.5) is 13.2 Å². The molecule has 1 aromatic carbocycles. The van der Waals surface area contributed by atoms with Gasteiger partial charge in [0.05, 0.1) is 21.2 Å². The summed E-state index contributed by atoms with van der Waals surface area (Å²) in [6, 6.07) is 2.20. The molecule has 0 aliphatic heterocycles. The van der Waals surface area contributed by atoms with E-state index in [2.05, 4.69) is 0 Å². The Morgan fingerprint density at radius 2 is 1.88 bits per heavy atom. The smallest absolute Gasteiger partial charge is 0.224 e. The van der Waals surface area contributed by atoms with E-state index >= 15 is 0 Å². The summed E-state index contributed by atoms with van der Waals surface area (Å²) in [6.07, 6.45) is -4.53. The van der Waals surface area contributed by atoms with Gasteiger partial charge in [-0.2, -0.15) is 13.2 Å². The van der Waals surface area contributed by atoms with Crippen molar-refractivity contribution in [2.75, 3.05) is 5.75 Å². The van der Waals surface area contributed by atoms with E-state index in [1.807, 2.05) is 0 Å².